The van der Waals surface area contributed by atoms with Gasteiger partial charge in [-0.25, -0.2) is 9.37 Å². The van der Waals surface area contributed by atoms with Gasteiger partial charge in [-0.1, -0.05) is 17.3 Å². The molecular formula is C25H25FN4O3. The third-order valence-electron chi connectivity index (χ3n) is 6.14. The monoisotopic (exact) mass is 448 g/mol. The van der Waals surface area contributed by atoms with Gasteiger partial charge in [-0.05, 0) is 67.8 Å². The average Bonchev–Trinajstić information content (AvgIpc) is 3.43. The first kappa shape index (κ1) is 21.2. The molecular weight excluding hydrogens is 423 g/mol. The standard InChI is InChI=1S/C25H25FN4O3/c1-17-15-29(16-27-17)21-11-5-18(14-22(21)32-2)6-12-24-28-33-25(19-7-9-20(26)10-8-19)23(31)4-3-13-30(24)25/h5-12,14-16,23,31H,3-4,13H2,1-2H3/t23-,25+/m0/s1. The summed E-state index contributed by atoms with van der Waals surface area (Å²) in [6.07, 6.45) is 8.07. The van der Waals surface area contributed by atoms with Crippen molar-refractivity contribution in [1.82, 2.24) is 14.5 Å². The fraction of sp³-hybridized carbons (Fsp3) is 0.280. The molecule has 2 aliphatic heterocycles. The SMILES string of the molecule is COc1cc(C=CC2=NO[C@]3(c4ccc(F)cc4)[C@@H](O)CCCN23)ccc1-n1cnc(C)c1. The zero-order chi connectivity index (χ0) is 23.0. The van der Waals surface area contributed by atoms with Crippen LogP contribution in [0.1, 0.15) is 29.7 Å². The van der Waals surface area contributed by atoms with Gasteiger partial charge in [0.05, 0.1) is 24.8 Å². The van der Waals surface area contributed by atoms with Crippen LogP contribution in [0.4, 0.5) is 4.39 Å². The maximum atomic E-state index is 13.5. The van der Waals surface area contributed by atoms with Gasteiger partial charge < -0.3 is 24.1 Å². The van der Waals surface area contributed by atoms with E-state index in [4.69, 9.17) is 9.57 Å². The Hall–Kier alpha value is -3.65. The van der Waals surface area contributed by atoms with Gasteiger partial charge in [-0.3, -0.25) is 0 Å². The van der Waals surface area contributed by atoms with E-state index in [1.165, 1.54) is 12.1 Å². The van der Waals surface area contributed by atoms with Crippen molar-refractivity contribution in [3.8, 4) is 11.4 Å². The van der Waals surface area contributed by atoms with Gasteiger partial charge in [0.25, 0.3) is 5.72 Å². The summed E-state index contributed by atoms with van der Waals surface area (Å²) in [5, 5.41) is 15.2. The molecule has 5 rings (SSSR count). The first-order chi connectivity index (χ1) is 16.0. The van der Waals surface area contributed by atoms with Gasteiger partial charge in [0.1, 0.15) is 17.7 Å². The van der Waals surface area contributed by atoms with Crippen molar-refractivity contribution in [2.24, 2.45) is 5.16 Å². The highest BCUT2D eigenvalue weighted by Gasteiger charge is 2.54. The van der Waals surface area contributed by atoms with Gasteiger partial charge in [0.2, 0.25) is 0 Å². The number of aliphatic hydroxyl groups excluding tert-OH is 1. The molecule has 33 heavy (non-hydrogen) atoms. The molecule has 170 valence electrons. The number of aryl methyl sites for hydroxylation is 1. The number of imidazole rings is 1. The number of halogens is 1. The lowest BCUT2D eigenvalue weighted by molar-refractivity contribution is -0.194. The summed E-state index contributed by atoms with van der Waals surface area (Å²) in [4.78, 5) is 12.1. The maximum Gasteiger partial charge on any atom is 0.263 e. The summed E-state index contributed by atoms with van der Waals surface area (Å²) < 4.78 is 21.0. The minimum Gasteiger partial charge on any atom is -0.495 e. The maximum absolute atomic E-state index is 13.5. The summed E-state index contributed by atoms with van der Waals surface area (Å²) in [7, 11) is 1.64. The molecule has 8 heteroatoms. The lowest BCUT2D eigenvalue weighted by Gasteiger charge is -2.44. The van der Waals surface area contributed by atoms with E-state index in [1.807, 2.05) is 52.9 Å². The van der Waals surface area contributed by atoms with Crippen molar-refractivity contribution in [2.45, 2.75) is 31.6 Å². The number of amidine groups is 1. The molecule has 7 nitrogen and oxygen atoms in total. The van der Waals surface area contributed by atoms with Crippen molar-refractivity contribution >= 4 is 11.9 Å². The third kappa shape index (κ3) is 3.66. The second-order valence-corrected chi connectivity index (χ2v) is 8.24. The minimum absolute atomic E-state index is 0.339. The van der Waals surface area contributed by atoms with E-state index in [0.29, 0.717) is 30.1 Å². The number of nitrogens with zero attached hydrogens (tertiary/aromatic N) is 4. The summed E-state index contributed by atoms with van der Waals surface area (Å²) >= 11 is 0. The quantitative estimate of drug-likeness (QED) is 0.639. The van der Waals surface area contributed by atoms with E-state index in [-0.39, 0.29) is 5.82 Å². The van der Waals surface area contributed by atoms with Crippen LogP contribution >= 0.6 is 0 Å². The summed E-state index contributed by atoms with van der Waals surface area (Å²) in [5.74, 6) is 0.980. The van der Waals surface area contributed by atoms with Crippen molar-refractivity contribution in [1.29, 1.82) is 0 Å². The Balaban J connectivity index is 1.43. The fourth-order valence-corrected chi connectivity index (χ4v) is 4.49. The zero-order valence-corrected chi connectivity index (χ0v) is 18.5. The number of aromatic nitrogens is 2. The molecule has 0 bridgehead atoms. The Morgan fingerprint density at radius 1 is 1.21 bits per heavy atom. The van der Waals surface area contributed by atoms with Gasteiger partial charge in [0.15, 0.2) is 5.84 Å². The van der Waals surface area contributed by atoms with Gasteiger partial charge in [0, 0.05) is 18.3 Å². The van der Waals surface area contributed by atoms with Crippen LogP contribution in [-0.2, 0) is 10.6 Å². The largest absolute Gasteiger partial charge is 0.495 e. The fourth-order valence-electron chi connectivity index (χ4n) is 4.49. The number of oxime groups is 1. The van der Waals surface area contributed by atoms with E-state index in [0.717, 1.165) is 23.4 Å². The highest BCUT2D eigenvalue weighted by molar-refractivity contribution is 5.97. The highest BCUT2D eigenvalue weighted by Crippen LogP contribution is 2.43. The van der Waals surface area contributed by atoms with E-state index in [2.05, 4.69) is 10.1 Å². The van der Waals surface area contributed by atoms with Crippen molar-refractivity contribution in [2.75, 3.05) is 13.7 Å². The predicted molar refractivity (Wildman–Crippen MR) is 122 cm³/mol. The van der Waals surface area contributed by atoms with Crippen LogP contribution in [0.2, 0.25) is 0 Å². The number of hydrogen-bond donors (Lipinski definition) is 1. The molecule has 3 aromatic rings. The number of piperidine rings is 1. The molecule has 0 spiro atoms. The van der Waals surface area contributed by atoms with Gasteiger partial charge in [-0.2, -0.15) is 0 Å². The Morgan fingerprint density at radius 3 is 2.76 bits per heavy atom. The van der Waals surface area contributed by atoms with E-state index in [9.17, 15) is 9.50 Å². The number of hydrogen-bond acceptors (Lipinski definition) is 6. The molecule has 1 N–H and O–H groups in total. The number of ether oxygens (including phenoxy) is 1. The molecule has 1 aromatic heterocycles. The van der Waals surface area contributed by atoms with Crippen LogP contribution in [0.5, 0.6) is 5.75 Å². The molecule has 2 aromatic carbocycles. The van der Waals surface area contributed by atoms with E-state index in [1.54, 1.807) is 25.6 Å². The number of rotatable bonds is 5. The molecule has 0 amide bonds. The first-order valence-corrected chi connectivity index (χ1v) is 10.9. The second-order valence-electron chi connectivity index (χ2n) is 8.24. The Kier molecular flexibility index (Phi) is 5.38. The van der Waals surface area contributed by atoms with Crippen molar-refractivity contribution < 1.29 is 19.1 Å². The Morgan fingerprint density at radius 2 is 2.03 bits per heavy atom. The lowest BCUT2D eigenvalue weighted by Crippen LogP contribution is -2.57. The lowest BCUT2D eigenvalue weighted by atomic mass is 9.88. The smallest absolute Gasteiger partial charge is 0.263 e. The Bertz CT molecular complexity index is 1220. The molecule has 2 aliphatic rings. The van der Waals surface area contributed by atoms with Gasteiger partial charge >= 0.3 is 0 Å². The molecule has 3 heterocycles. The number of fused-ring (bicyclic) bond motifs is 1. The molecule has 0 radical (unpaired) electrons. The minimum atomic E-state index is -1.15. The number of benzene rings is 2. The van der Waals surface area contributed by atoms with Crippen molar-refractivity contribution in [3.63, 3.8) is 0 Å². The van der Waals surface area contributed by atoms with E-state index >= 15 is 0 Å². The average molecular weight is 448 g/mol. The summed E-state index contributed by atoms with van der Waals surface area (Å²) in [6, 6.07) is 11.9. The van der Waals surface area contributed by atoms with Crippen LogP contribution in [0.15, 0.2) is 66.2 Å². The molecule has 2 atom stereocenters. The molecule has 1 saturated heterocycles. The molecule has 0 saturated carbocycles. The molecule has 0 aliphatic carbocycles. The van der Waals surface area contributed by atoms with Crippen LogP contribution < -0.4 is 4.74 Å². The van der Waals surface area contributed by atoms with Gasteiger partial charge in [-0.15, -0.1) is 0 Å². The summed E-state index contributed by atoms with van der Waals surface area (Å²) in [5.41, 5.74) is 2.27. The molecule has 0 unspecified atom stereocenters. The normalized spacial score (nSPS) is 22.2. The summed E-state index contributed by atoms with van der Waals surface area (Å²) in [6.45, 7) is 2.60. The topological polar surface area (TPSA) is 72.1 Å². The highest BCUT2D eigenvalue weighted by atomic mass is 19.1. The third-order valence-corrected chi connectivity index (χ3v) is 6.14. The first-order valence-electron chi connectivity index (χ1n) is 10.9. The van der Waals surface area contributed by atoms with Crippen LogP contribution in [0.3, 0.4) is 0 Å². The van der Waals surface area contributed by atoms with Crippen LogP contribution in [-0.4, -0.2) is 45.2 Å². The number of methoxy groups -OCH3 is 1. The van der Waals surface area contributed by atoms with E-state index < -0.39 is 11.8 Å². The predicted octanol–water partition coefficient (Wildman–Crippen LogP) is 4.00. The van der Waals surface area contributed by atoms with Crippen LogP contribution in [0.25, 0.3) is 11.8 Å². The molecule has 1 fully saturated rings. The second kappa shape index (κ2) is 8.37. The number of aliphatic hydroxyl groups is 1. The van der Waals surface area contributed by atoms with Crippen molar-refractivity contribution in [3.05, 3.63) is 83.7 Å². The van der Waals surface area contributed by atoms with Crippen LogP contribution in [0, 0.1) is 12.7 Å². The zero-order valence-electron chi connectivity index (χ0n) is 18.5. The Labute approximate surface area is 191 Å².